The van der Waals surface area contributed by atoms with E-state index in [9.17, 15) is 4.79 Å². The number of halogens is 1. The number of nitrogens with zero attached hydrogens (tertiary/aromatic N) is 3. The van der Waals surface area contributed by atoms with E-state index >= 15 is 0 Å². The Hall–Kier alpha value is -1.71. The van der Waals surface area contributed by atoms with Crippen LogP contribution in [0.1, 0.15) is 5.56 Å². The van der Waals surface area contributed by atoms with Gasteiger partial charge in [-0.25, -0.2) is 0 Å². The van der Waals surface area contributed by atoms with E-state index in [1.807, 2.05) is 25.2 Å². The van der Waals surface area contributed by atoms with Crippen molar-refractivity contribution in [3.05, 3.63) is 23.8 Å². The maximum atomic E-state index is 11.6. The Labute approximate surface area is 160 Å². The number of methoxy groups -OCH3 is 1. The van der Waals surface area contributed by atoms with Crippen molar-refractivity contribution in [2.45, 2.75) is 6.54 Å². The molecular weight excluding hydrogens is 423 g/mol. The molecule has 1 aliphatic rings. The monoisotopic (exact) mass is 448 g/mol. The van der Waals surface area contributed by atoms with E-state index < -0.39 is 0 Å². The Bertz CT molecular complexity index is 593. The van der Waals surface area contributed by atoms with Gasteiger partial charge < -0.3 is 24.6 Å². The fourth-order valence-electron chi connectivity index (χ4n) is 2.11. The van der Waals surface area contributed by atoms with E-state index in [2.05, 4.69) is 15.2 Å². The third kappa shape index (κ3) is 5.43. The van der Waals surface area contributed by atoms with Gasteiger partial charge in [0.25, 0.3) is 5.91 Å². The lowest BCUT2D eigenvalue weighted by molar-refractivity contribution is -0.130. The summed E-state index contributed by atoms with van der Waals surface area (Å²) in [7, 11) is 6.99. The molecule has 1 aromatic rings. The molecule has 8 heteroatoms. The molecule has 0 aromatic heterocycles. The highest BCUT2D eigenvalue weighted by molar-refractivity contribution is 14.0. The van der Waals surface area contributed by atoms with Gasteiger partial charge >= 0.3 is 0 Å². The molecule has 0 atom stereocenters. The van der Waals surface area contributed by atoms with E-state index in [1.165, 1.54) is 4.90 Å². The number of aliphatic imine (C=N–C) groups is 1. The highest BCUT2D eigenvalue weighted by atomic mass is 127. The topological polar surface area (TPSA) is 66.4 Å². The van der Waals surface area contributed by atoms with Crippen LogP contribution >= 0.6 is 24.0 Å². The van der Waals surface area contributed by atoms with E-state index in [-0.39, 0.29) is 36.5 Å². The number of nitrogens with one attached hydrogen (secondary N) is 1. The molecule has 7 nitrogen and oxygen atoms in total. The quantitative estimate of drug-likeness (QED) is 0.663. The van der Waals surface area contributed by atoms with Crippen LogP contribution in [0, 0.1) is 0 Å². The van der Waals surface area contributed by atoms with Gasteiger partial charge in [0.15, 0.2) is 24.1 Å². The summed E-state index contributed by atoms with van der Waals surface area (Å²) < 4.78 is 10.9. The summed E-state index contributed by atoms with van der Waals surface area (Å²) in [5.41, 5.74) is 1.05. The van der Waals surface area contributed by atoms with E-state index in [0.717, 1.165) is 24.6 Å². The summed E-state index contributed by atoms with van der Waals surface area (Å²) in [5.74, 6) is 1.97. The molecule has 0 saturated heterocycles. The number of carbonyl (C=O) groups is 1. The predicted molar refractivity (Wildman–Crippen MR) is 104 cm³/mol. The highest BCUT2D eigenvalue weighted by Gasteiger charge is 2.13. The molecule has 1 aromatic carbocycles. The normalized spacial score (nSPS) is 13.0. The Balaban J connectivity index is 0.00000288. The maximum Gasteiger partial charge on any atom is 0.259 e. The van der Waals surface area contributed by atoms with Gasteiger partial charge in [-0.3, -0.25) is 9.79 Å². The van der Waals surface area contributed by atoms with Crippen LogP contribution in [-0.4, -0.2) is 69.6 Å². The van der Waals surface area contributed by atoms with Crippen molar-refractivity contribution in [3.8, 4) is 11.5 Å². The predicted octanol–water partition coefficient (Wildman–Crippen LogP) is 1.17. The van der Waals surface area contributed by atoms with Crippen LogP contribution in [0.3, 0.4) is 0 Å². The fraction of sp³-hybridized carbons (Fsp3) is 0.500. The van der Waals surface area contributed by atoms with Crippen LogP contribution in [0.25, 0.3) is 0 Å². The largest absolute Gasteiger partial charge is 0.493 e. The molecule has 0 aliphatic carbocycles. The first-order chi connectivity index (χ1) is 11.0. The van der Waals surface area contributed by atoms with E-state index in [1.54, 1.807) is 21.2 Å². The fourth-order valence-corrected chi connectivity index (χ4v) is 2.11. The lowest BCUT2D eigenvalue weighted by Gasteiger charge is -2.16. The number of hydrogen-bond donors (Lipinski definition) is 1. The van der Waals surface area contributed by atoms with E-state index in [0.29, 0.717) is 18.0 Å². The molecule has 24 heavy (non-hydrogen) atoms. The average molecular weight is 448 g/mol. The molecule has 1 amide bonds. The molecule has 2 rings (SSSR count). The molecule has 1 aliphatic heterocycles. The molecule has 0 fully saturated rings. The number of carbonyl (C=O) groups excluding carboxylic acids is 1. The molecule has 0 radical (unpaired) electrons. The van der Waals surface area contributed by atoms with Crippen molar-refractivity contribution < 1.29 is 14.3 Å². The number of hydrogen-bond acceptors (Lipinski definition) is 6. The van der Waals surface area contributed by atoms with Crippen LogP contribution in [0.15, 0.2) is 23.2 Å². The zero-order valence-corrected chi connectivity index (χ0v) is 16.9. The Morgan fingerprint density at radius 1 is 1.38 bits per heavy atom. The first-order valence-corrected chi connectivity index (χ1v) is 7.50. The Kier molecular flexibility index (Phi) is 8.09. The summed E-state index contributed by atoms with van der Waals surface area (Å²) in [5, 5.41) is 3.30. The van der Waals surface area contributed by atoms with Crippen molar-refractivity contribution in [2.75, 3.05) is 47.9 Å². The van der Waals surface area contributed by atoms with Crippen molar-refractivity contribution in [1.82, 2.24) is 15.1 Å². The van der Waals surface area contributed by atoms with Gasteiger partial charge in [0.05, 0.1) is 13.7 Å². The summed E-state index contributed by atoms with van der Waals surface area (Å²) in [6.07, 6.45) is 0. The van der Waals surface area contributed by atoms with Crippen LogP contribution in [-0.2, 0) is 11.3 Å². The van der Waals surface area contributed by atoms with Crippen LogP contribution in [0.4, 0.5) is 0 Å². The van der Waals surface area contributed by atoms with Crippen LogP contribution < -0.4 is 14.8 Å². The number of guanidine groups is 1. The van der Waals surface area contributed by atoms with Gasteiger partial charge in [0.2, 0.25) is 0 Å². The van der Waals surface area contributed by atoms with Gasteiger partial charge in [0.1, 0.15) is 0 Å². The summed E-state index contributed by atoms with van der Waals surface area (Å²) in [4.78, 5) is 19.6. The smallest absolute Gasteiger partial charge is 0.259 e. The van der Waals surface area contributed by atoms with Crippen LogP contribution in [0.2, 0.25) is 0 Å². The molecule has 134 valence electrons. The third-order valence-electron chi connectivity index (χ3n) is 3.59. The molecular formula is C16H25IN4O3. The summed E-state index contributed by atoms with van der Waals surface area (Å²) in [6, 6.07) is 5.66. The zero-order valence-electron chi connectivity index (χ0n) is 14.5. The van der Waals surface area contributed by atoms with Gasteiger partial charge in [-0.05, 0) is 17.7 Å². The highest BCUT2D eigenvalue weighted by Crippen LogP contribution is 2.28. The molecule has 1 heterocycles. The molecule has 0 bridgehead atoms. The van der Waals surface area contributed by atoms with Crippen molar-refractivity contribution in [3.63, 3.8) is 0 Å². The zero-order chi connectivity index (χ0) is 16.8. The van der Waals surface area contributed by atoms with Crippen LogP contribution in [0.5, 0.6) is 11.5 Å². The van der Waals surface area contributed by atoms with Gasteiger partial charge in [0, 0.05) is 34.2 Å². The third-order valence-corrected chi connectivity index (χ3v) is 3.59. The minimum absolute atomic E-state index is 0. The lowest BCUT2D eigenvalue weighted by Crippen LogP contribution is -2.35. The maximum absolute atomic E-state index is 11.6. The first-order valence-electron chi connectivity index (χ1n) is 7.50. The first kappa shape index (κ1) is 20.3. The second-order valence-electron chi connectivity index (χ2n) is 5.54. The lowest BCUT2D eigenvalue weighted by atomic mass is 10.2. The Morgan fingerprint density at radius 3 is 2.71 bits per heavy atom. The number of benzene rings is 1. The van der Waals surface area contributed by atoms with Crippen molar-refractivity contribution in [1.29, 1.82) is 0 Å². The standard InChI is InChI=1S/C16H24N4O3.HI/c1-19(2)15(21)11-23-13-6-5-12(9-14(13)22-4)10-18-16-17-7-8-20(16)3;/h5-6,9H,7-8,10-11H2,1-4H3,(H,17,18);1H. The molecule has 0 unspecified atom stereocenters. The number of rotatable bonds is 6. The second-order valence-corrected chi connectivity index (χ2v) is 5.54. The Morgan fingerprint density at radius 2 is 2.12 bits per heavy atom. The van der Waals surface area contributed by atoms with Crippen molar-refractivity contribution >= 4 is 35.8 Å². The van der Waals surface area contributed by atoms with Gasteiger partial charge in [-0.2, -0.15) is 0 Å². The molecule has 1 N–H and O–H groups in total. The summed E-state index contributed by atoms with van der Waals surface area (Å²) >= 11 is 0. The summed E-state index contributed by atoms with van der Waals surface area (Å²) in [6.45, 7) is 2.41. The molecule has 0 spiro atoms. The van der Waals surface area contributed by atoms with Gasteiger partial charge in [-0.1, -0.05) is 6.07 Å². The van der Waals surface area contributed by atoms with Gasteiger partial charge in [-0.15, -0.1) is 24.0 Å². The number of amides is 1. The minimum atomic E-state index is -0.0971. The van der Waals surface area contributed by atoms with Crippen molar-refractivity contribution in [2.24, 2.45) is 4.99 Å². The second kappa shape index (κ2) is 9.55. The van der Waals surface area contributed by atoms with E-state index in [4.69, 9.17) is 9.47 Å². The number of ether oxygens (including phenoxy) is 2. The number of likely N-dealkylation sites (N-methyl/N-ethyl adjacent to an activating group) is 2. The SMILES string of the molecule is COc1cc(CNC2=NCCN2C)ccc1OCC(=O)N(C)C.I. The average Bonchev–Trinajstić information content (AvgIpc) is 2.95. The minimum Gasteiger partial charge on any atom is -0.493 e. The molecule has 0 saturated carbocycles.